The molecule has 1 amide bonds. The van der Waals surface area contributed by atoms with Gasteiger partial charge < -0.3 is 20.7 Å². The molecule has 2 rings (SSSR count). The number of amides is 1. The Morgan fingerprint density at radius 1 is 1.48 bits per heavy atom. The Labute approximate surface area is 141 Å². The fourth-order valence-corrected chi connectivity index (χ4v) is 1.83. The minimum Gasteiger partial charge on any atom is -0.378 e. The van der Waals surface area contributed by atoms with Crippen molar-refractivity contribution in [2.45, 2.75) is 0 Å². The molecule has 1 aliphatic rings. The minimum atomic E-state index is -0.154. The average Bonchev–Trinajstić information content (AvgIpc) is 2.53. The van der Waals surface area contributed by atoms with Gasteiger partial charge >= 0.3 is 0 Å². The number of aliphatic imine (C=N–C) groups is 1. The fraction of sp³-hybridized carbons (Fsp3) is 0.462. The van der Waals surface area contributed by atoms with Crippen molar-refractivity contribution in [3.63, 3.8) is 0 Å². The molecule has 0 bridgehead atoms. The highest BCUT2D eigenvalue weighted by Crippen LogP contribution is 1.96. The second-order valence-electron chi connectivity index (χ2n) is 4.34. The zero-order valence-electron chi connectivity index (χ0n) is 11.7. The molecule has 2 heterocycles. The van der Waals surface area contributed by atoms with Crippen molar-refractivity contribution >= 4 is 35.8 Å². The number of ether oxygens (including phenoxy) is 1. The van der Waals surface area contributed by atoms with E-state index in [-0.39, 0.29) is 29.9 Å². The highest BCUT2D eigenvalue weighted by atomic mass is 127. The maximum absolute atomic E-state index is 11.7. The third-order valence-electron chi connectivity index (χ3n) is 2.93. The van der Waals surface area contributed by atoms with Crippen LogP contribution in [-0.4, -0.2) is 61.1 Å². The first-order valence-electron chi connectivity index (χ1n) is 6.58. The van der Waals surface area contributed by atoms with Gasteiger partial charge in [-0.15, -0.1) is 24.0 Å². The number of guanidine groups is 1. The van der Waals surface area contributed by atoms with Gasteiger partial charge in [-0.3, -0.25) is 14.8 Å². The lowest BCUT2D eigenvalue weighted by Gasteiger charge is -2.27. The molecule has 0 atom stereocenters. The van der Waals surface area contributed by atoms with E-state index < -0.39 is 0 Å². The second kappa shape index (κ2) is 9.50. The molecule has 1 aromatic heterocycles. The SMILES string of the molecule is I.NC(=NCCNC(=O)c1cccnc1)N1CCOCC1. The number of hydrogen-bond donors (Lipinski definition) is 2. The van der Waals surface area contributed by atoms with E-state index >= 15 is 0 Å². The second-order valence-corrected chi connectivity index (χ2v) is 4.34. The third-order valence-corrected chi connectivity index (χ3v) is 2.93. The van der Waals surface area contributed by atoms with Crippen molar-refractivity contribution in [2.24, 2.45) is 10.7 Å². The van der Waals surface area contributed by atoms with Crippen LogP contribution in [0.3, 0.4) is 0 Å². The Hall–Kier alpha value is -1.42. The van der Waals surface area contributed by atoms with E-state index in [1.165, 1.54) is 6.20 Å². The molecule has 1 aliphatic heterocycles. The van der Waals surface area contributed by atoms with Gasteiger partial charge in [0.2, 0.25) is 0 Å². The van der Waals surface area contributed by atoms with Gasteiger partial charge in [0, 0.05) is 32.0 Å². The molecular weight excluding hydrogens is 385 g/mol. The zero-order chi connectivity index (χ0) is 14.2. The Morgan fingerprint density at radius 3 is 2.90 bits per heavy atom. The molecule has 1 aromatic rings. The number of rotatable bonds is 4. The van der Waals surface area contributed by atoms with Crippen molar-refractivity contribution < 1.29 is 9.53 Å². The summed E-state index contributed by atoms with van der Waals surface area (Å²) in [6.45, 7) is 3.77. The predicted octanol–water partition coefficient (Wildman–Crippen LogP) is 0.0763. The van der Waals surface area contributed by atoms with E-state index in [0.717, 1.165) is 13.1 Å². The smallest absolute Gasteiger partial charge is 0.252 e. The van der Waals surface area contributed by atoms with Gasteiger partial charge in [0.25, 0.3) is 5.91 Å². The lowest BCUT2D eigenvalue weighted by molar-refractivity contribution is 0.0674. The van der Waals surface area contributed by atoms with Crippen LogP contribution in [0, 0.1) is 0 Å². The van der Waals surface area contributed by atoms with Crippen LogP contribution < -0.4 is 11.1 Å². The number of aromatic nitrogens is 1. The monoisotopic (exact) mass is 405 g/mol. The van der Waals surface area contributed by atoms with Crippen molar-refractivity contribution in [1.29, 1.82) is 0 Å². The summed E-state index contributed by atoms with van der Waals surface area (Å²) in [5, 5.41) is 2.77. The summed E-state index contributed by atoms with van der Waals surface area (Å²) in [7, 11) is 0. The van der Waals surface area contributed by atoms with E-state index in [9.17, 15) is 4.79 Å². The Balaban J connectivity index is 0.00000220. The molecule has 116 valence electrons. The summed E-state index contributed by atoms with van der Waals surface area (Å²) >= 11 is 0. The van der Waals surface area contributed by atoms with E-state index in [1.807, 2.05) is 4.90 Å². The van der Waals surface area contributed by atoms with Crippen molar-refractivity contribution in [2.75, 3.05) is 39.4 Å². The van der Waals surface area contributed by atoms with E-state index in [4.69, 9.17) is 10.5 Å². The quantitative estimate of drug-likeness (QED) is 0.320. The van der Waals surface area contributed by atoms with Gasteiger partial charge in [0.05, 0.1) is 25.3 Å². The number of pyridine rings is 1. The predicted molar refractivity (Wildman–Crippen MR) is 90.9 cm³/mol. The van der Waals surface area contributed by atoms with Gasteiger partial charge in [0.1, 0.15) is 0 Å². The van der Waals surface area contributed by atoms with Gasteiger partial charge in [-0.1, -0.05) is 0 Å². The average molecular weight is 405 g/mol. The standard InChI is InChI=1S/C13H19N5O2.HI/c14-13(18-6-8-20-9-7-18)17-5-4-16-12(19)11-2-1-3-15-10-11;/h1-3,10H,4-9H2,(H2,14,17)(H,16,19);1H. The van der Waals surface area contributed by atoms with Crippen LogP contribution in [0.5, 0.6) is 0 Å². The van der Waals surface area contributed by atoms with Crippen molar-refractivity contribution in [1.82, 2.24) is 15.2 Å². The Morgan fingerprint density at radius 2 is 2.24 bits per heavy atom. The summed E-state index contributed by atoms with van der Waals surface area (Å²) in [6.07, 6.45) is 3.16. The molecule has 3 N–H and O–H groups in total. The fourth-order valence-electron chi connectivity index (χ4n) is 1.83. The summed E-state index contributed by atoms with van der Waals surface area (Å²) in [6, 6.07) is 3.44. The zero-order valence-corrected chi connectivity index (χ0v) is 14.0. The van der Waals surface area contributed by atoms with Crippen LogP contribution in [0.1, 0.15) is 10.4 Å². The van der Waals surface area contributed by atoms with Crippen LogP contribution in [0.25, 0.3) is 0 Å². The topological polar surface area (TPSA) is 92.8 Å². The van der Waals surface area contributed by atoms with Crippen molar-refractivity contribution in [3.8, 4) is 0 Å². The largest absolute Gasteiger partial charge is 0.378 e. The van der Waals surface area contributed by atoms with Gasteiger partial charge in [-0.2, -0.15) is 0 Å². The van der Waals surface area contributed by atoms with E-state index in [1.54, 1.807) is 18.3 Å². The summed E-state index contributed by atoms with van der Waals surface area (Å²) in [5.74, 6) is 0.349. The maximum Gasteiger partial charge on any atom is 0.252 e. The molecule has 8 heteroatoms. The molecular formula is C13H20IN5O2. The molecule has 1 saturated heterocycles. The first-order valence-corrected chi connectivity index (χ1v) is 6.58. The highest BCUT2D eigenvalue weighted by Gasteiger charge is 2.11. The molecule has 0 spiro atoms. The third kappa shape index (κ3) is 5.84. The lowest BCUT2D eigenvalue weighted by Crippen LogP contribution is -2.45. The van der Waals surface area contributed by atoms with Gasteiger partial charge in [0.15, 0.2) is 5.96 Å². The first-order chi connectivity index (χ1) is 9.77. The molecule has 21 heavy (non-hydrogen) atoms. The summed E-state index contributed by atoms with van der Waals surface area (Å²) in [4.78, 5) is 21.9. The Kier molecular flexibility index (Phi) is 7.98. The van der Waals surface area contributed by atoms with E-state index in [2.05, 4.69) is 15.3 Å². The summed E-state index contributed by atoms with van der Waals surface area (Å²) < 4.78 is 5.24. The van der Waals surface area contributed by atoms with Crippen LogP contribution in [0.15, 0.2) is 29.5 Å². The van der Waals surface area contributed by atoms with Crippen LogP contribution in [0.4, 0.5) is 0 Å². The van der Waals surface area contributed by atoms with Gasteiger partial charge in [-0.05, 0) is 12.1 Å². The number of nitrogens with zero attached hydrogens (tertiary/aromatic N) is 3. The first kappa shape index (κ1) is 17.6. The molecule has 0 saturated carbocycles. The molecule has 1 fully saturated rings. The number of morpholine rings is 1. The lowest BCUT2D eigenvalue weighted by atomic mass is 10.3. The normalized spacial score (nSPS) is 15.2. The van der Waals surface area contributed by atoms with Crippen LogP contribution >= 0.6 is 24.0 Å². The van der Waals surface area contributed by atoms with Crippen molar-refractivity contribution in [3.05, 3.63) is 30.1 Å². The van der Waals surface area contributed by atoms with Crippen LogP contribution in [-0.2, 0) is 4.74 Å². The molecule has 0 radical (unpaired) electrons. The number of carbonyl (C=O) groups is 1. The molecule has 7 nitrogen and oxygen atoms in total. The minimum absolute atomic E-state index is 0. The number of nitrogens with one attached hydrogen (secondary N) is 1. The Bertz CT molecular complexity index is 463. The molecule has 0 aromatic carbocycles. The summed E-state index contributed by atoms with van der Waals surface area (Å²) in [5.41, 5.74) is 6.41. The maximum atomic E-state index is 11.7. The van der Waals surface area contributed by atoms with Crippen LogP contribution in [0.2, 0.25) is 0 Å². The van der Waals surface area contributed by atoms with Gasteiger partial charge in [-0.25, -0.2) is 0 Å². The van der Waals surface area contributed by atoms with E-state index in [0.29, 0.717) is 37.8 Å². The number of hydrogen-bond acceptors (Lipinski definition) is 4. The molecule has 0 unspecified atom stereocenters. The number of halogens is 1. The molecule has 0 aliphatic carbocycles. The number of nitrogens with two attached hydrogens (primary N) is 1. The number of carbonyl (C=O) groups excluding carboxylic acids is 1. The highest BCUT2D eigenvalue weighted by molar-refractivity contribution is 14.0.